The fraction of sp³-hybridized carbons (Fsp3) is 0.625. The summed E-state index contributed by atoms with van der Waals surface area (Å²) in [4.78, 5) is 2.30. The molecule has 0 aliphatic heterocycles. The fourth-order valence-electron chi connectivity index (χ4n) is 3.24. The highest BCUT2D eigenvalue weighted by atomic mass is 19.1. The molecule has 0 saturated heterocycles. The lowest BCUT2D eigenvalue weighted by Crippen LogP contribution is -2.34. The van der Waals surface area contributed by atoms with Gasteiger partial charge in [-0.05, 0) is 56.0 Å². The minimum absolute atomic E-state index is 0.122. The lowest BCUT2D eigenvalue weighted by atomic mass is 9.98. The van der Waals surface area contributed by atoms with Gasteiger partial charge in [-0.2, -0.15) is 0 Å². The van der Waals surface area contributed by atoms with E-state index in [0.717, 1.165) is 23.6 Å². The molecule has 1 aromatic carbocycles. The van der Waals surface area contributed by atoms with Crippen molar-refractivity contribution in [2.45, 2.75) is 38.6 Å². The Morgan fingerprint density at radius 1 is 1.37 bits per heavy atom. The number of hydrogen-bond acceptors (Lipinski definition) is 2. The standard InChI is InChI=1S/C16H25FN2/c1-12-7-8-14(17)9-15(12)16(10-18)19(2)11-13-5-3-4-6-13/h7-9,13,16H,3-6,10-11,18H2,1-2H3. The topological polar surface area (TPSA) is 29.3 Å². The van der Waals surface area contributed by atoms with Gasteiger partial charge in [-0.1, -0.05) is 18.9 Å². The van der Waals surface area contributed by atoms with Gasteiger partial charge < -0.3 is 5.73 Å². The summed E-state index contributed by atoms with van der Waals surface area (Å²) in [6.45, 7) is 3.63. The second-order valence-electron chi connectivity index (χ2n) is 5.84. The number of nitrogens with two attached hydrogens (primary N) is 1. The van der Waals surface area contributed by atoms with Gasteiger partial charge in [-0.15, -0.1) is 0 Å². The quantitative estimate of drug-likeness (QED) is 0.884. The molecule has 0 spiro atoms. The lowest BCUT2D eigenvalue weighted by Gasteiger charge is -2.30. The van der Waals surface area contributed by atoms with Gasteiger partial charge in [-0.25, -0.2) is 4.39 Å². The average molecular weight is 264 g/mol. The first-order valence-electron chi connectivity index (χ1n) is 7.28. The van der Waals surface area contributed by atoms with Crippen molar-refractivity contribution in [1.82, 2.24) is 4.90 Å². The van der Waals surface area contributed by atoms with Crippen molar-refractivity contribution in [2.24, 2.45) is 11.7 Å². The smallest absolute Gasteiger partial charge is 0.123 e. The number of aryl methyl sites for hydroxylation is 1. The van der Waals surface area contributed by atoms with E-state index < -0.39 is 0 Å². The molecule has 3 heteroatoms. The molecule has 1 fully saturated rings. The fourth-order valence-corrected chi connectivity index (χ4v) is 3.24. The molecule has 1 atom stereocenters. The van der Waals surface area contributed by atoms with E-state index in [1.54, 1.807) is 6.07 Å². The molecule has 106 valence electrons. The molecule has 0 aromatic heterocycles. The summed E-state index contributed by atoms with van der Waals surface area (Å²) >= 11 is 0. The van der Waals surface area contributed by atoms with Gasteiger partial charge in [0.05, 0.1) is 0 Å². The largest absolute Gasteiger partial charge is 0.329 e. The predicted octanol–water partition coefficient (Wildman–Crippen LogP) is 3.26. The highest BCUT2D eigenvalue weighted by molar-refractivity contribution is 5.30. The number of hydrogen-bond donors (Lipinski definition) is 1. The summed E-state index contributed by atoms with van der Waals surface area (Å²) in [5.41, 5.74) is 8.09. The highest BCUT2D eigenvalue weighted by Crippen LogP contribution is 2.29. The van der Waals surface area contributed by atoms with Crippen LogP contribution in [0.3, 0.4) is 0 Å². The van der Waals surface area contributed by atoms with Crippen molar-refractivity contribution >= 4 is 0 Å². The van der Waals surface area contributed by atoms with E-state index >= 15 is 0 Å². The zero-order valence-corrected chi connectivity index (χ0v) is 12.0. The van der Waals surface area contributed by atoms with Crippen LogP contribution in [0.2, 0.25) is 0 Å². The molecule has 2 nitrogen and oxygen atoms in total. The normalized spacial score (nSPS) is 18.2. The number of nitrogens with zero attached hydrogens (tertiary/aromatic N) is 1. The molecule has 1 aliphatic rings. The van der Waals surface area contributed by atoms with Crippen LogP contribution in [0.4, 0.5) is 4.39 Å². The molecule has 2 rings (SSSR count). The molecular formula is C16H25FN2. The van der Waals surface area contributed by atoms with Crippen LogP contribution in [-0.2, 0) is 0 Å². The van der Waals surface area contributed by atoms with Crippen molar-refractivity contribution in [2.75, 3.05) is 20.1 Å². The summed E-state index contributed by atoms with van der Waals surface area (Å²) in [6, 6.07) is 5.12. The van der Waals surface area contributed by atoms with E-state index in [9.17, 15) is 4.39 Å². The average Bonchev–Trinajstić information content (AvgIpc) is 2.87. The maximum absolute atomic E-state index is 13.5. The Bertz CT molecular complexity index is 413. The minimum Gasteiger partial charge on any atom is -0.329 e. The Morgan fingerprint density at radius 2 is 2.05 bits per heavy atom. The Balaban J connectivity index is 2.11. The van der Waals surface area contributed by atoms with Gasteiger partial charge in [0.1, 0.15) is 5.82 Å². The minimum atomic E-state index is -0.173. The van der Waals surface area contributed by atoms with E-state index in [4.69, 9.17) is 5.73 Å². The second-order valence-corrected chi connectivity index (χ2v) is 5.84. The zero-order valence-electron chi connectivity index (χ0n) is 12.0. The van der Waals surface area contributed by atoms with Crippen LogP contribution in [0.25, 0.3) is 0 Å². The molecule has 1 unspecified atom stereocenters. The summed E-state index contributed by atoms with van der Waals surface area (Å²) in [5.74, 6) is 0.612. The summed E-state index contributed by atoms with van der Waals surface area (Å²) in [6.07, 6.45) is 5.35. The van der Waals surface area contributed by atoms with Gasteiger partial charge in [0.15, 0.2) is 0 Å². The third kappa shape index (κ3) is 3.54. The third-order valence-electron chi connectivity index (χ3n) is 4.38. The monoisotopic (exact) mass is 264 g/mol. The van der Waals surface area contributed by atoms with Gasteiger partial charge >= 0.3 is 0 Å². The van der Waals surface area contributed by atoms with Crippen molar-refractivity contribution < 1.29 is 4.39 Å². The van der Waals surface area contributed by atoms with Crippen molar-refractivity contribution in [1.29, 1.82) is 0 Å². The van der Waals surface area contributed by atoms with Crippen LogP contribution in [0.15, 0.2) is 18.2 Å². The molecule has 0 bridgehead atoms. The van der Waals surface area contributed by atoms with Crippen LogP contribution >= 0.6 is 0 Å². The molecule has 0 heterocycles. The molecule has 0 amide bonds. The van der Waals surface area contributed by atoms with Crippen LogP contribution < -0.4 is 5.73 Å². The number of halogens is 1. The molecule has 1 saturated carbocycles. The lowest BCUT2D eigenvalue weighted by molar-refractivity contribution is 0.211. The summed E-state index contributed by atoms with van der Waals surface area (Å²) in [7, 11) is 2.11. The molecule has 19 heavy (non-hydrogen) atoms. The number of rotatable bonds is 5. The second kappa shape index (κ2) is 6.49. The maximum atomic E-state index is 13.5. The van der Waals surface area contributed by atoms with Crippen molar-refractivity contribution in [3.8, 4) is 0 Å². The summed E-state index contributed by atoms with van der Waals surface area (Å²) < 4.78 is 13.5. The predicted molar refractivity (Wildman–Crippen MR) is 77.5 cm³/mol. The van der Waals surface area contributed by atoms with Gasteiger partial charge in [0.25, 0.3) is 0 Å². The van der Waals surface area contributed by atoms with E-state index in [0.29, 0.717) is 6.54 Å². The first-order valence-corrected chi connectivity index (χ1v) is 7.28. The molecule has 1 aromatic rings. The van der Waals surface area contributed by atoms with Crippen LogP contribution in [-0.4, -0.2) is 25.0 Å². The summed E-state index contributed by atoms with van der Waals surface area (Å²) in [5, 5.41) is 0. The number of likely N-dealkylation sites (N-methyl/N-ethyl adjacent to an activating group) is 1. The Morgan fingerprint density at radius 3 is 2.68 bits per heavy atom. The van der Waals surface area contributed by atoms with Crippen LogP contribution in [0.1, 0.15) is 42.9 Å². The van der Waals surface area contributed by atoms with E-state index in [-0.39, 0.29) is 11.9 Å². The van der Waals surface area contributed by atoms with Gasteiger partial charge in [0, 0.05) is 19.1 Å². The van der Waals surface area contributed by atoms with Crippen molar-refractivity contribution in [3.05, 3.63) is 35.1 Å². The Hall–Kier alpha value is -0.930. The van der Waals surface area contributed by atoms with E-state index in [1.165, 1.54) is 31.7 Å². The molecular weight excluding hydrogens is 239 g/mol. The molecule has 1 aliphatic carbocycles. The van der Waals surface area contributed by atoms with Gasteiger partial charge in [-0.3, -0.25) is 4.90 Å². The van der Waals surface area contributed by atoms with Gasteiger partial charge in [0.2, 0.25) is 0 Å². The molecule has 0 radical (unpaired) electrons. The van der Waals surface area contributed by atoms with E-state index in [1.807, 2.05) is 13.0 Å². The zero-order chi connectivity index (χ0) is 13.8. The van der Waals surface area contributed by atoms with E-state index in [2.05, 4.69) is 11.9 Å². The first kappa shape index (κ1) is 14.5. The van der Waals surface area contributed by atoms with Crippen LogP contribution in [0, 0.1) is 18.7 Å². The SMILES string of the molecule is Cc1ccc(F)cc1C(CN)N(C)CC1CCCC1. The Kier molecular flexibility index (Phi) is 4.94. The highest BCUT2D eigenvalue weighted by Gasteiger charge is 2.23. The Labute approximate surface area is 115 Å². The van der Waals surface area contributed by atoms with Crippen molar-refractivity contribution in [3.63, 3.8) is 0 Å². The molecule has 2 N–H and O–H groups in total. The van der Waals surface area contributed by atoms with Crippen LogP contribution in [0.5, 0.6) is 0 Å². The first-order chi connectivity index (χ1) is 9.11. The maximum Gasteiger partial charge on any atom is 0.123 e. The number of benzene rings is 1. The third-order valence-corrected chi connectivity index (χ3v) is 4.38.